The minimum atomic E-state index is -2.78. The fraction of sp³-hybridized carbons (Fsp3) is 0.143. The molecule has 0 aliphatic carbocycles. The van der Waals surface area contributed by atoms with Crippen LogP contribution in [-0.4, -0.2) is 16.1 Å². The van der Waals surface area contributed by atoms with E-state index in [1.54, 1.807) is 0 Å². The predicted octanol–water partition coefficient (Wildman–Crippen LogP) is 3.13. The second-order valence-electron chi connectivity index (χ2n) is 2.30. The molecule has 0 aliphatic rings. The zero-order chi connectivity index (χ0) is 10.9. The van der Waals surface area contributed by atoms with Crippen LogP contribution in [0.5, 0.6) is 0 Å². The Bertz CT molecular complexity index is 386. The van der Waals surface area contributed by atoms with Crippen molar-refractivity contribution in [3.63, 3.8) is 0 Å². The van der Waals surface area contributed by atoms with Crippen LogP contribution in [0.2, 0.25) is 5.02 Å². The first-order valence-corrected chi connectivity index (χ1v) is 4.47. The zero-order valence-electron chi connectivity index (χ0n) is 6.47. The second kappa shape index (κ2) is 4.18. The number of aromatic nitrogens is 1. The average molecular weight is 286 g/mol. The predicted molar refractivity (Wildman–Crippen MR) is 48.9 cm³/mol. The van der Waals surface area contributed by atoms with Gasteiger partial charge in [0.1, 0.15) is 0 Å². The van der Waals surface area contributed by atoms with Crippen LogP contribution >= 0.6 is 27.5 Å². The van der Waals surface area contributed by atoms with Crippen molar-refractivity contribution in [2.45, 2.75) is 6.43 Å². The van der Waals surface area contributed by atoms with E-state index in [2.05, 4.69) is 20.9 Å². The Morgan fingerprint density at radius 3 is 2.64 bits per heavy atom. The molecule has 1 rings (SSSR count). The van der Waals surface area contributed by atoms with E-state index < -0.39 is 18.0 Å². The van der Waals surface area contributed by atoms with Crippen LogP contribution in [-0.2, 0) is 0 Å². The zero-order valence-corrected chi connectivity index (χ0v) is 8.81. The van der Waals surface area contributed by atoms with E-state index in [4.69, 9.17) is 16.7 Å². The molecule has 0 spiro atoms. The van der Waals surface area contributed by atoms with Crippen LogP contribution in [0.1, 0.15) is 22.5 Å². The Morgan fingerprint density at radius 2 is 2.21 bits per heavy atom. The van der Waals surface area contributed by atoms with Crippen molar-refractivity contribution in [2.75, 3.05) is 0 Å². The summed E-state index contributed by atoms with van der Waals surface area (Å²) < 4.78 is 24.4. The number of alkyl halides is 2. The molecule has 14 heavy (non-hydrogen) atoms. The number of carboxylic acids is 1. The molecule has 0 radical (unpaired) electrons. The van der Waals surface area contributed by atoms with Crippen LogP contribution in [0, 0.1) is 0 Å². The normalized spacial score (nSPS) is 10.6. The summed E-state index contributed by atoms with van der Waals surface area (Å²) in [5, 5.41) is 8.25. The highest BCUT2D eigenvalue weighted by Gasteiger charge is 2.20. The molecule has 0 saturated heterocycles. The minimum Gasteiger partial charge on any atom is -0.476 e. The summed E-state index contributed by atoms with van der Waals surface area (Å²) in [4.78, 5) is 13.9. The molecule has 1 aromatic rings. The lowest BCUT2D eigenvalue weighted by Gasteiger charge is -2.05. The molecule has 0 saturated carbocycles. The van der Waals surface area contributed by atoms with E-state index in [1.165, 1.54) is 0 Å². The molecule has 1 N–H and O–H groups in total. The van der Waals surface area contributed by atoms with E-state index in [9.17, 15) is 13.6 Å². The van der Waals surface area contributed by atoms with Crippen molar-refractivity contribution in [3.8, 4) is 0 Å². The first-order chi connectivity index (χ1) is 6.45. The number of halogens is 4. The van der Waals surface area contributed by atoms with Crippen molar-refractivity contribution >= 4 is 33.5 Å². The Kier molecular flexibility index (Phi) is 3.38. The van der Waals surface area contributed by atoms with Gasteiger partial charge in [-0.3, -0.25) is 0 Å². The summed E-state index contributed by atoms with van der Waals surface area (Å²) in [6, 6.07) is 0. The Morgan fingerprint density at radius 1 is 1.64 bits per heavy atom. The molecule has 0 bridgehead atoms. The number of carbonyl (C=O) groups is 1. The smallest absolute Gasteiger partial charge is 0.355 e. The van der Waals surface area contributed by atoms with Gasteiger partial charge in [0.2, 0.25) is 0 Å². The third-order valence-corrected chi connectivity index (χ3v) is 2.83. The summed E-state index contributed by atoms with van der Waals surface area (Å²) in [5.74, 6) is -1.33. The molecule has 0 aromatic carbocycles. The molecule has 0 aliphatic heterocycles. The maximum atomic E-state index is 12.2. The fourth-order valence-electron chi connectivity index (χ4n) is 0.779. The van der Waals surface area contributed by atoms with Crippen LogP contribution in [0.4, 0.5) is 8.78 Å². The number of hydrogen-bond acceptors (Lipinski definition) is 2. The summed E-state index contributed by atoms with van der Waals surface area (Å²) in [5.41, 5.74) is -0.886. The summed E-state index contributed by atoms with van der Waals surface area (Å²) in [6.07, 6.45) is -2.03. The van der Waals surface area contributed by atoms with Crippen LogP contribution < -0.4 is 0 Å². The molecule has 0 fully saturated rings. The quantitative estimate of drug-likeness (QED) is 0.908. The van der Waals surface area contributed by atoms with E-state index in [1.807, 2.05) is 0 Å². The molecule has 0 atom stereocenters. The molecule has 1 aromatic heterocycles. The lowest BCUT2D eigenvalue weighted by atomic mass is 10.2. The SMILES string of the molecule is O=C(O)c1ncc(C(F)F)c(Cl)c1Br. The van der Waals surface area contributed by atoms with Gasteiger partial charge in [-0.15, -0.1) is 0 Å². The van der Waals surface area contributed by atoms with E-state index in [-0.39, 0.29) is 15.2 Å². The van der Waals surface area contributed by atoms with Gasteiger partial charge < -0.3 is 5.11 Å². The molecular weight excluding hydrogens is 283 g/mol. The second-order valence-corrected chi connectivity index (χ2v) is 3.47. The Labute approximate surface area is 90.8 Å². The van der Waals surface area contributed by atoms with Gasteiger partial charge in [0, 0.05) is 6.20 Å². The first kappa shape index (κ1) is 11.3. The van der Waals surface area contributed by atoms with Crippen LogP contribution in [0.3, 0.4) is 0 Å². The maximum absolute atomic E-state index is 12.2. The Hall–Kier alpha value is -0.750. The topological polar surface area (TPSA) is 50.2 Å². The number of rotatable bonds is 2. The van der Waals surface area contributed by atoms with Crippen molar-refractivity contribution in [2.24, 2.45) is 0 Å². The van der Waals surface area contributed by atoms with Crippen LogP contribution in [0.15, 0.2) is 10.7 Å². The number of aromatic carboxylic acids is 1. The first-order valence-electron chi connectivity index (χ1n) is 3.30. The number of carboxylic acid groups (broad SMARTS) is 1. The van der Waals surface area contributed by atoms with Crippen molar-refractivity contribution in [1.29, 1.82) is 0 Å². The maximum Gasteiger partial charge on any atom is 0.355 e. The highest BCUT2D eigenvalue weighted by Crippen LogP contribution is 2.33. The molecular formula is C7H3BrClF2NO2. The molecule has 1 heterocycles. The lowest BCUT2D eigenvalue weighted by molar-refractivity contribution is 0.0688. The van der Waals surface area contributed by atoms with Crippen molar-refractivity contribution in [1.82, 2.24) is 4.98 Å². The highest BCUT2D eigenvalue weighted by atomic mass is 79.9. The number of hydrogen-bond donors (Lipinski definition) is 1. The van der Waals surface area contributed by atoms with E-state index >= 15 is 0 Å². The summed E-state index contributed by atoms with van der Waals surface area (Å²) in [7, 11) is 0. The van der Waals surface area contributed by atoms with Gasteiger partial charge >= 0.3 is 5.97 Å². The third kappa shape index (κ3) is 2.01. The summed E-state index contributed by atoms with van der Waals surface area (Å²) >= 11 is 8.30. The van der Waals surface area contributed by atoms with Crippen molar-refractivity contribution in [3.05, 3.63) is 26.9 Å². The summed E-state index contributed by atoms with van der Waals surface area (Å²) in [6.45, 7) is 0. The van der Waals surface area contributed by atoms with E-state index in [0.29, 0.717) is 0 Å². The standard InChI is InChI=1S/C7H3BrClF2NO2/c8-3-4(9)2(6(10)11)1-12-5(3)7(13)14/h1,6H,(H,13,14). The van der Waals surface area contributed by atoms with E-state index in [0.717, 1.165) is 6.20 Å². The Balaban J connectivity index is 3.33. The molecule has 3 nitrogen and oxygen atoms in total. The molecule has 0 unspecified atom stereocenters. The molecule has 76 valence electrons. The molecule has 7 heteroatoms. The van der Waals surface area contributed by atoms with Crippen molar-refractivity contribution < 1.29 is 18.7 Å². The molecule has 0 amide bonds. The van der Waals surface area contributed by atoms with Gasteiger partial charge in [0.05, 0.1) is 15.1 Å². The number of nitrogens with zero attached hydrogens (tertiary/aromatic N) is 1. The monoisotopic (exact) mass is 285 g/mol. The van der Waals surface area contributed by atoms with Gasteiger partial charge in [0.25, 0.3) is 6.43 Å². The van der Waals surface area contributed by atoms with Gasteiger partial charge in [0.15, 0.2) is 5.69 Å². The lowest BCUT2D eigenvalue weighted by Crippen LogP contribution is -2.03. The minimum absolute atomic E-state index is 0.135. The number of pyridine rings is 1. The van der Waals surface area contributed by atoms with Gasteiger partial charge in [-0.2, -0.15) is 0 Å². The average Bonchev–Trinajstić information content (AvgIpc) is 2.08. The van der Waals surface area contributed by atoms with Gasteiger partial charge in [-0.1, -0.05) is 11.6 Å². The largest absolute Gasteiger partial charge is 0.476 e. The highest BCUT2D eigenvalue weighted by molar-refractivity contribution is 9.10. The third-order valence-electron chi connectivity index (χ3n) is 1.42. The van der Waals surface area contributed by atoms with Crippen LogP contribution in [0.25, 0.3) is 0 Å². The fourth-order valence-corrected chi connectivity index (χ4v) is 1.50. The van der Waals surface area contributed by atoms with Gasteiger partial charge in [-0.25, -0.2) is 18.6 Å². The van der Waals surface area contributed by atoms with Gasteiger partial charge in [-0.05, 0) is 15.9 Å².